The van der Waals surface area contributed by atoms with E-state index < -0.39 is 0 Å². The average molecular weight is 412 g/mol. The smallest absolute Gasteiger partial charge is 0.234 e. The Kier molecular flexibility index (Phi) is 7.23. The Morgan fingerprint density at radius 2 is 1.85 bits per heavy atom. The number of anilines is 1. The first kappa shape index (κ1) is 19.5. The molecule has 0 bridgehead atoms. The third kappa shape index (κ3) is 5.89. The molecular weight excluding hydrogens is 391 g/mol. The van der Waals surface area contributed by atoms with E-state index in [1.165, 1.54) is 22.2 Å². The van der Waals surface area contributed by atoms with Crippen LogP contribution in [-0.4, -0.2) is 38.0 Å². The van der Waals surface area contributed by atoms with Gasteiger partial charge in [-0.1, -0.05) is 35.3 Å². The van der Waals surface area contributed by atoms with Gasteiger partial charge in [0.05, 0.1) is 24.0 Å². The number of amides is 1. The minimum absolute atomic E-state index is 0.0717. The summed E-state index contributed by atoms with van der Waals surface area (Å²) in [6.07, 6.45) is 0. The van der Waals surface area contributed by atoms with E-state index in [4.69, 9.17) is 27.9 Å². The molecule has 0 aliphatic carbocycles. The molecule has 0 aromatic heterocycles. The van der Waals surface area contributed by atoms with Gasteiger partial charge in [-0.15, -0.1) is 11.8 Å². The molecule has 1 aliphatic rings. The molecule has 2 aromatic rings. The molecule has 2 N–H and O–H groups in total. The summed E-state index contributed by atoms with van der Waals surface area (Å²) in [4.78, 5) is 14.5. The molecule has 26 heavy (non-hydrogen) atoms. The van der Waals surface area contributed by atoms with Crippen LogP contribution in [0, 0.1) is 0 Å². The van der Waals surface area contributed by atoms with Crippen molar-refractivity contribution in [1.82, 2.24) is 0 Å². The zero-order valence-corrected chi connectivity index (χ0v) is 16.6. The molecule has 7 heteroatoms. The maximum atomic E-state index is 12.2. The number of carbonyl (C=O) groups excluding carboxylic acids is 1. The number of quaternary nitrogens is 1. The van der Waals surface area contributed by atoms with E-state index in [2.05, 4.69) is 17.4 Å². The topological polar surface area (TPSA) is 42.8 Å². The zero-order chi connectivity index (χ0) is 18.4. The highest BCUT2D eigenvalue weighted by Crippen LogP contribution is 2.29. The van der Waals surface area contributed by atoms with Gasteiger partial charge in [0, 0.05) is 21.2 Å². The van der Waals surface area contributed by atoms with Crippen molar-refractivity contribution < 1.29 is 14.4 Å². The summed E-state index contributed by atoms with van der Waals surface area (Å²) < 4.78 is 5.38. The Morgan fingerprint density at radius 3 is 2.58 bits per heavy atom. The van der Waals surface area contributed by atoms with Gasteiger partial charge in [-0.25, -0.2) is 0 Å². The summed E-state index contributed by atoms with van der Waals surface area (Å²) in [5, 5.41) is 4.12. The fourth-order valence-electron chi connectivity index (χ4n) is 2.76. The van der Waals surface area contributed by atoms with Gasteiger partial charge in [0.2, 0.25) is 5.91 Å². The lowest BCUT2D eigenvalue weighted by atomic mass is 10.2. The SMILES string of the molecule is O=C(CSc1cc(Cl)ccc1Cl)Nc1ccc(C[NH+]2CCOCC2)cc1. The standard InChI is InChI=1S/C19H20Cl2N2O2S/c20-15-3-6-17(21)18(11-15)26-13-19(24)22-16-4-1-14(2-5-16)12-23-7-9-25-10-8-23/h1-6,11H,7-10,12-13H2,(H,22,24)/p+1. The summed E-state index contributed by atoms with van der Waals surface area (Å²) in [6, 6.07) is 13.3. The fourth-order valence-corrected chi connectivity index (χ4v) is 4.05. The predicted octanol–water partition coefficient (Wildman–Crippen LogP) is 3.14. The first-order valence-electron chi connectivity index (χ1n) is 8.48. The Morgan fingerprint density at radius 1 is 1.12 bits per heavy atom. The van der Waals surface area contributed by atoms with Crippen molar-refractivity contribution in [3.8, 4) is 0 Å². The van der Waals surface area contributed by atoms with E-state index in [0.717, 1.165) is 43.4 Å². The lowest BCUT2D eigenvalue weighted by Gasteiger charge is -2.23. The Bertz CT molecular complexity index is 750. The maximum absolute atomic E-state index is 12.2. The van der Waals surface area contributed by atoms with E-state index in [-0.39, 0.29) is 11.7 Å². The molecule has 1 saturated heterocycles. The quantitative estimate of drug-likeness (QED) is 0.717. The van der Waals surface area contributed by atoms with Crippen molar-refractivity contribution in [2.24, 2.45) is 0 Å². The summed E-state index contributed by atoms with van der Waals surface area (Å²) in [6.45, 7) is 4.74. The van der Waals surface area contributed by atoms with Crippen molar-refractivity contribution >= 4 is 46.6 Å². The van der Waals surface area contributed by atoms with Gasteiger partial charge in [0.15, 0.2) is 0 Å². The van der Waals surface area contributed by atoms with Gasteiger partial charge in [0.25, 0.3) is 0 Å². The van der Waals surface area contributed by atoms with Crippen LogP contribution in [0.3, 0.4) is 0 Å². The van der Waals surface area contributed by atoms with Gasteiger partial charge in [-0.3, -0.25) is 4.79 Å². The number of benzene rings is 2. The Balaban J connectivity index is 1.48. The Labute approximate surface area is 167 Å². The lowest BCUT2D eigenvalue weighted by molar-refractivity contribution is -0.921. The fraction of sp³-hybridized carbons (Fsp3) is 0.316. The van der Waals surface area contributed by atoms with Gasteiger partial charge >= 0.3 is 0 Å². The molecule has 0 radical (unpaired) electrons. The minimum atomic E-state index is -0.0717. The zero-order valence-electron chi connectivity index (χ0n) is 14.3. The van der Waals surface area contributed by atoms with Crippen LogP contribution < -0.4 is 10.2 Å². The van der Waals surface area contributed by atoms with Gasteiger partial charge < -0.3 is 15.0 Å². The second-order valence-electron chi connectivity index (χ2n) is 6.15. The van der Waals surface area contributed by atoms with E-state index in [0.29, 0.717) is 10.0 Å². The largest absolute Gasteiger partial charge is 0.370 e. The third-order valence-corrected chi connectivity index (χ3v) is 5.88. The molecule has 138 valence electrons. The molecule has 1 aliphatic heterocycles. The lowest BCUT2D eigenvalue weighted by Crippen LogP contribution is -3.12. The molecule has 0 spiro atoms. The van der Waals surface area contributed by atoms with E-state index in [1.54, 1.807) is 18.2 Å². The molecule has 0 unspecified atom stereocenters. The van der Waals surface area contributed by atoms with Crippen molar-refractivity contribution in [3.63, 3.8) is 0 Å². The van der Waals surface area contributed by atoms with Crippen molar-refractivity contribution in [3.05, 3.63) is 58.1 Å². The van der Waals surface area contributed by atoms with Crippen LogP contribution >= 0.6 is 35.0 Å². The second-order valence-corrected chi connectivity index (χ2v) is 8.01. The number of hydrogen-bond acceptors (Lipinski definition) is 3. The van der Waals surface area contributed by atoms with Crippen LogP contribution in [0.1, 0.15) is 5.56 Å². The van der Waals surface area contributed by atoms with E-state index in [9.17, 15) is 4.79 Å². The average Bonchev–Trinajstić information content (AvgIpc) is 2.65. The first-order valence-corrected chi connectivity index (χ1v) is 10.2. The van der Waals surface area contributed by atoms with Crippen molar-refractivity contribution in [2.75, 3.05) is 37.4 Å². The molecule has 1 heterocycles. The highest BCUT2D eigenvalue weighted by molar-refractivity contribution is 8.00. The summed E-state index contributed by atoms with van der Waals surface area (Å²) in [7, 11) is 0. The molecule has 0 atom stereocenters. The maximum Gasteiger partial charge on any atom is 0.234 e. The van der Waals surface area contributed by atoms with Crippen LogP contribution in [0.15, 0.2) is 47.4 Å². The second kappa shape index (κ2) is 9.62. The van der Waals surface area contributed by atoms with Gasteiger partial charge in [-0.05, 0) is 30.3 Å². The molecule has 4 nitrogen and oxygen atoms in total. The summed E-state index contributed by atoms with van der Waals surface area (Å²) in [5.41, 5.74) is 2.06. The number of halogens is 2. The number of carbonyl (C=O) groups is 1. The monoisotopic (exact) mass is 411 g/mol. The molecular formula is C19H21Cl2N2O2S+. The summed E-state index contributed by atoms with van der Waals surface area (Å²) >= 11 is 13.5. The van der Waals surface area contributed by atoms with Crippen LogP contribution in [0.25, 0.3) is 0 Å². The number of nitrogens with one attached hydrogen (secondary N) is 2. The highest BCUT2D eigenvalue weighted by Gasteiger charge is 2.14. The van der Waals surface area contributed by atoms with E-state index in [1.807, 2.05) is 12.1 Å². The van der Waals surface area contributed by atoms with Crippen LogP contribution in [0.4, 0.5) is 5.69 Å². The van der Waals surface area contributed by atoms with Crippen LogP contribution in [0.5, 0.6) is 0 Å². The molecule has 0 saturated carbocycles. The highest BCUT2D eigenvalue weighted by atomic mass is 35.5. The Hall–Kier alpha value is -1.24. The third-order valence-electron chi connectivity index (χ3n) is 4.14. The van der Waals surface area contributed by atoms with Crippen molar-refractivity contribution in [1.29, 1.82) is 0 Å². The van der Waals surface area contributed by atoms with Crippen LogP contribution in [-0.2, 0) is 16.1 Å². The van der Waals surface area contributed by atoms with Crippen molar-refractivity contribution in [2.45, 2.75) is 11.4 Å². The van der Waals surface area contributed by atoms with Crippen LogP contribution in [0.2, 0.25) is 10.0 Å². The molecule has 3 rings (SSSR count). The molecule has 1 amide bonds. The number of thioether (sulfide) groups is 1. The number of morpholine rings is 1. The first-order chi connectivity index (χ1) is 12.6. The number of hydrogen-bond donors (Lipinski definition) is 2. The molecule has 2 aromatic carbocycles. The minimum Gasteiger partial charge on any atom is -0.370 e. The number of ether oxygens (including phenoxy) is 1. The normalized spacial score (nSPS) is 15.0. The molecule has 1 fully saturated rings. The van der Waals surface area contributed by atoms with Gasteiger partial charge in [-0.2, -0.15) is 0 Å². The summed E-state index contributed by atoms with van der Waals surface area (Å²) in [5.74, 6) is 0.206. The predicted molar refractivity (Wildman–Crippen MR) is 107 cm³/mol. The van der Waals surface area contributed by atoms with E-state index >= 15 is 0 Å². The number of rotatable bonds is 6. The van der Waals surface area contributed by atoms with Gasteiger partial charge in [0.1, 0.15) is 19.6 Å².